The van der Waals surface area contributed by atoms with Gasteiger partial charge in [0, 0.05) is 11.8 Å². The minimum Gasteiger partial charge on any atom is -0.340 e. The largest absolute Gasteiger partial charge is 0.340 e. The zero-order chi connectivity index (χ0) is 24.5. The van der Waals surface area contributed by atoms with Crippen molar-refractivity contribution in [3.63, 3.8) is 0 Å². The van der Waals surface area contributed by atoms with E-state index in [0.29, 0.717) is 16.9 Å². The Labute approximate surface area is 203 Å². The average molecular weight is 462 g/mol. The zero-order valence-corrected chi connectivity index (χ0v) is 19.4. The Bertz CT molecular complexity index is 1410. The molecule has 4 aromatic rings. The summed E-state index contributed by atoms with van der Waals surface area (Å²) in [5.41, 5.74) is 4.71. The Morgan fingerprint density at radius 3 is 2.31 bits per heavy atom. The fourth-order valence-electron chi connectivity index (χ4n) is 4.30. The standard InChI is InChI=1S/C29H23N3O3/c1-18-11-12-19(2)25(16-18)32-28(34)22-14-13-21(17-23(22)29(32)35)27(33)31-26(20-8-4-3-5-9-20)24-10-6-7-15-30-24/h3-17,26H,1-2H3,(H,31,33). The molecule has 1 aliphatic heterocycles. The quantitative estimate of drug-likeness (QED) is 0.424. The van der Waals surface area contributed by atoms with E-state index in [1.165, 1.54) is 11.0 Å². The Balaban J connectivity index is 1.47. The third kappa shape index (κ3) is 4.10. The number of pyridine rings is 1. The molecule has 0 saturated carbocycles. The van der Waals surface area contributed by atoms with Crippen LogP contribution in [0, 0.1) is 13.8 Å². The van der Waals surface area contributed by atoms with E-state index < -0.39 is 11.9 Å². The van der Waals surface area contributed by atoms with Gasteiger partial charge in [0.15, 0.2) is 0 Å². The van der Waals surface area contributed by atoms with Crippen molar-refractivity contribution >= 4 is 23.4 Å². The second kappa shape index (κ2) is 8.99. The lowest BCUT2D eigenvalue weighted by Crippen LogP contribution is -2.30. The highest BCUT2D eigenvalue weighted by molar-refractivity contribution is 6.35. The first-order chi connectivity index (χ1) is 16.9. The maximum absolute atomic E-state index is 13.3. The summed E-state index contributed by atoms with van der Waals surface area (Å²) in [6, 6.07) is 24.9. The molecule has 2 heterocycles. The summed E-state index contributed by atoms with van der Waals surface area (Å²) >= 11 is 0. The van der Waals surface area contributed by atoms with Gasteiger partial charge >= 0.3 is 0 Å². The molecular formula is C29H23N3O3. The molecule has 35 heavy (non-hydrogen) atoms. The van der Waals surface area contributed by atoms with E-state index in [4.69, 9.17) is 0 Å². The number of aromatic nitrogens is 1. The number of amides is 3. The van der Waals surface area contributed by atoms with Gasteiger partial charge < -0.3 is 5.32 Å². The zero-order valence-electron chi connectivity index (χ0n) is 19.4. The third-order valence-electron chi connectivity index (χ3n) is 6.15. The minimum absolute atomic E-state index is 0.220. The summed E-state index contributed by atoms with van der Waals surface area (Å²) in [6.07, 6.45) is 1.68. The highest BCUT2D eigenvalue weighted by Crippen LogP contribution is 2.32. The van der Waals surface area contributed by atoms with Crippen LogP contribution in [0.25, 0.3) is 0 Å². The van der Waals surface area contributed by atoms with Crippen molar-refractivity contribution in [2.24, 2.45) is 0 Å². The highest BCUT2D eigenvalue weighted by Gasteiger charge is 2.38. The monoisotopic (exact) mass is 461 g/mol. The van der Waals surface area contributed by atoms with Crippen molar-refractivity contribution in [1.82, 2.24) is 10.3 Å². The Hall–Kier alpha value is -4.58. The van der Waals surface area contributed by atoms with Crippen LogP contribution in [-0.2, 0) is 0 Å². The molecule has 0 bridgehead atoms. The van der Waals surface area contributed by atoms with E-state index in [1.807, 2.05) is 80.6 Å². The van der Waals surface area contributed by atoms with Gasteiger partial charge in [0.05, 0.1) is 28.6 Å². The number of nitrogens with zero attached hydrogens (tertiary/aromatic N) is 2. The number of carbonyl (C=O) groups excluding carboxylic acids is 3. The molecule has 0 saturated heterocycles. The molecule has 0 spiro atoms. The molecule has 5 rings (SSSR count). The van der Waals surface area contributed by atoms with Crippen LogP contribution in [0.3, 0.4) is 0 Å². The van der Waals surface area contributed by atoms with Gasteiger partial charge in [-0.2, -0.15) is 0 Å². The fraction of sp³-hybridized carbons (Fsp3) is 0.103. The first-order valence-corrected chi connectivity index (χ1v) is 11.3. The second-order valence-corrected chi connectivity index (χ2v) is 8.57. The summed E-state index contributed by atoms with van der Waals surface area (Å²) in [6.45, 7) is 3.77. The number of fused-ring (bicyclic) bond motifs is 1. The lowest BCUT2D eigenvalue weighted by atomic mass is 10.0. The predicted molar refractivity (Wildman–Crippen MR) is 133 cm³/mol. The molecule has 0 fully saturated rings. The molecule has 1 N–H and O–H groups in total. The molecular weight excluding hydrogens is 438 g/mol. The highest BCUT2D eigenvalue weighted by atomic mass is 16.2. The molecule has 6 nitrogen and oxygen atoms in total. The lowest BCUT2D eigenvalue weighted by molar-refractivity contribution is 0.0922. The van der Waals surface area contributed by atoms with Gasteiger partial charge in [-0.1, -0.05) is 48.5 Å². The summed E-state index contributed by atoms with van der Waals surface area (Å²) in [4.78, 5) is 45.3. The molecule has 1 atom stereocenters. The van der Waals surface area contributed by atoms with Gasteiger partial charge in [-0.15, -0.1) is 0 Å². The summed E-state index contributed by atoms with van der Waals surface area (Å²) in [5, 5.41) is 3.03. The molecule has 0 aliphatic carbocycles. The number of aryl methyl sites for hydroxylation is 2. The number of benzene rings is 3. The molecule has 1 aliphatic rings. The third-order valence-corrected chi connectivity index (χ3v) is 6.15. The van der Waals surface area contributed by atoms with Crippen molar-refractivity contribution in [3.05, 3.63) is 130 Å². The molecule has 6 heteroatoms. The van der Waals surface area contributed by atoms with Crippen molar-refractivity contribution < 1.29 is 14.4 Å². The van der Waals surface area contributed by atoms with Gasteiger partial charge in [0.2, 0.25) is 0 Å². The van der Waals surface area contributed by atoms with E-state index in [-0.39, 0.29) is 22.9 Å². The molecule has 3 aromatic carbocycles. The van der Waals surface area contributed by atoms with Crippen LogP contribution in [0.15, 0.2) is 91.1 Å². The van der Waals surface area contributed by atoms with Crippen molar-refractivity contribution in [1.29, 1.82) is 0 Å². The maximum Gasteiger partial charge on any atom is 0.266 e. The van der Waals surface area contributed by atoms with Gasteiger partial charge in [0.1, 0.15) is 0 Å². The van der Waals surface area contributed by atoms with Crippen LogP contribution in [0.2, 0.25) is 0 Å². The summed E-state index contributed by atoms with van der Waals surface area (Å²) in [5.74, 6) is -1.18. The van der Waals surface area contributed by atoms with Crippen LogP contribution < -0.4 is 10.2 Å². The van der Waals surface area contributed by atoms with E-state index in [1.54, 1.807) is 18.3 Å². The van der Waals surface area contributed by atoms with Crippen LogP contribution in [-0.4, -0.2) is 22.7 Å². The summed E-state index contributed by atoms with van der Waals surface area (Å²) in [7, 11) is 0. The molecule has 172 valence electrons. The topological polar surface area (TPSA) is 79.4 Å². The number of carbonyl (C=O) groups is 3. The van der Waals surface area contributed by atoms with Gasteiger partial charge in [0.25, 0.3) is 17.7 Å². The van der Waals surface area contributed by atoms with Gasteiger partial charge in [-0.25, -0.2) is 4.90 Å². The summed E-state index contributed by atoms with van der Waals surface area (Å²) < 4.78 is 0. The van der Waals surface area contributed by atoms with Crippen LogP contribution in [0.1, 0.15) is 59.5 Å². The van der Waals surface area contributed by atoms with E-state index in [9.17, 15) is 14.4 Å². The average Bonchev–Trinajstić information content (AvgIpc) is 3.14. The number of hydrogen-bond donors (Lipinski definition) is 1. The number of nitrogens with one attached hydrogen (secondary N) is 1. The van der Waals surface area contributed by atoms with Crippen LogP contribution in [0.5, 0.6) is 0 Å². The molecule has 3 amide bonds. The van der Waals surface area contributed by atoms with E-state index >= 15 is 0 Å². The SMILES string of the molecule is Cc1ccc(C)c(N2C(=O)c3ccc(C(=O)NC(c4ccccc4)c4ccccn4)cc3C2=O)c1. The normalized spacial score (nSPS) is 13.5. The van der Waals surface area contributed by atoms with E-state index in [0.717, 1.165) is 16.7 Å². The number of anilines is 1. The predicted octanol–water partition coefficient (Wildman–Crippen LogP) is 5.02. The fourth-order valence-corrected chi connectivity index (χ4v) is 4.30. The second-order valence-electron chi connectivity index (χ2n) is 8.57. The van der Waals surface area contributed by atoms with Gasteiger partial charge in [-0.05, 0) is 66.9 Å². The Morgan fingerprint density at radius 2 is 1.57 bits per heavy atom. The van der Waals surface area contributed by atoms with Crippen molar-refractivity contribution in [3.8, 4) is 0 Å². The maximum atomic E-state index is 13.3. The van der Waals surface area contributed by atoms with E-state index in [2.05, 4.69) is 10.3 Å². The van der Waals surface area contributed by atoms with Crippen molar-refractivity contribution in [2.45, 2.75) is 19.9 Å². The minimum atomic E-state index is -0.470. The lowest BCUT2D eigenvalue weighted by Gasteiger charge is -2.19. The first kappa shape index (κ1) is 22.2. The van der Waals surface area contributed by atoms with Crippen molar-refractivity contribution in [2.75, 3.05) is 4.90 Å². The smallest absolute Gasteiger partial charge is 0.266 e. The number of rotatable bonds is 5. The molecule has 1 unspecified atom stereocenters. The first-order valence-electron chi connectivity index (χ1n) is 11.3. The van der Waals surface area contributed by atoms with Gasteiger partial charge in [-0.3, -0.25) is 19.4 Å². The number of imide groups is 1. The Morgan fingerprint density at radius 1 is 0.829 bits per heavy atom. The molecule has 0 radical (unpaired) electrons. The van der Waals surface area contributed by atoms with Crippen LogP contribution in [0.4, 0.5) is 5.69 Å². The molecule has 1 aromatic heterocycles. The number of hydrogen-bond acceptors (Lipinski definition) is 4. The van der Waals surface area contributed by atoms with Crippen LogP contribution >= 0.6 is 0 Å². The Kier molecular flexibility index (Phi) is 5.71.